The summed E-state index contributed by atoms with van der Waals surface area (Å²) in [6.45, 7) is 10.7. The van der Waals surface area contributed by atoms with Gasteiger partial charge in [-0.2, -0.15) is 0 Å². The molecule has 0 radical (unpaired) electrons. The van der Waals surface area contributed by atoms with Crippen LogP contribution in [-0.2, 0) is 19.1 Å². The van der Waals surface area contributed by atoms with E-state index < -0.39 is 28.7 Å². The van der Waals surface area contributed by atoms with Gasteiger partial charge in [0.2, 0.25) is 11.8 Å². The number of likely N-dealkylation sites (tertiary alicyclic amines) is 1. The summed E-state index contributed by atoms with van der Waals surface area (Å²) in [4.78, 5) is 45.3. The molecule has 7 nitrogen and oxygen atoms in total. The number of benzene rings is 1. The molecular weight excluding hydrogens is 476 g/mol. The number of aliphatic hydroxyl groups is 1. The summed E-state index contributed by atoms with van der Waals surface area (Å²) in [6.07, 6.45) is 4.24. The molecule has 3 heterocycles. The van der Waals surface area contributed by atoms with Crippen molar-refractivity contribution >= 4 is 29.5 Å². The Morgan fingerprint density at radius 1 is 1.33 bits per heavy atom. The van der Waals surface area contributed by atoms with Crippen molar-refractivity contribution in [3.8, 4) is 0 Å². The van der Waals surface area contributed by atoms with Crippen LogP contribution in [-0.4, -0.2) is 75.0 Å². The molecule has 0 saturated carbocycles. The SMILES string of the molecule is C=CCN(CCCC)C(=O)C1N([C@H](CO)c2ccccc2)C(=O)[C@@H]2[C@H](C(=O)OCC)[C@@H]3CC(C)C12S3. The van der Waals surface area contributed by atoms with Crippen molar-refractivity contribution in [2.75, 3.05) is 26.3 Å². The van der Waals surface area contributed by atoms with Crippen LogP contribution in [0.25, 0.3) is 0 Å². The molecule has 2 bridgehead atoms. The van der Waals surface area contributed by atoms with Crippen LogP contribution in [0.1, 0.15) is 51.6 Å². The number of aliphatic hydroxyl groups excluding tert-OH is 1. The molecule has 36 heavy (non-hydrogen) atoms. The maximum atomic E-state index is 14.4. The van der Waals surface area contributed by atoms with Gasteiger partial charge in [-0.05, 0) is 31.2 Å². The van der Waals surface area contributed by atoms with Gasteiger partial charge in [0.05, 0.1) is 35.8 Å². The molecule has 3 fully saturated rings. The number of esters is 1. The lowest BCUT2D eigenvalue weighted by Gasteiger charge is -2.42. The highest BCUT2D eigenvalue weighted by molar-refractivity contribution is 8.02. The minimum absolute atomic E-state index is 0.0537. The van der Waals surface area contributed by atoms with Crippen molar-refractivity contribution in [3.63, 3.8) is 0 Å². The van der Waals surface area contributed by atoms with Crippen LogP contribution in [0.3, 0.4) is 0 Å². The maximum absolute atomic E-state index is 14.4. The van der Waals surface area contributed by atoms with E-state index in [1.165, 1.54) is 0 Å². The first kappa shape index (κ1) is 26.7. The van der Waals surface area contributed by atoms with Gasteiger partial charge in [0, 0.05) is 18.3 Å². The second-order valence-electron chi connectivity index (χ2n) is 10.1. The summed E-state index contributed by atoms with van der Waals surface area (Å²) >= 11 is 1.63. The smallest absolute Gasteiger partial charge is 0.310 e. The van der Waals surface area contributed by atoms with Gasteiger partial charge in [0.15, 0.2) is 0 Å². The van der Waals surface area contributed by atoms with E-state index in [2.05, 4.69) is 20.4 Å². The molecular formula is C28H38N2O5S. The summed E-state index contributed by atoms with van der Waals surface area (Å²) in [5.74, 6) is -1.90. The van der Waals surface area contributed by atoms with Crippen LogP contribution in [0.2, 0.25) is 0 Å². The molecule has 7 atom stereocenters. The maximum Gasteiger partial charge on any atom is 0.310 e. The molecule has 3 unspecified atom stereocenters. The molecule has 8 heteroatoms. The van der Waals surface area contributed by atoms with Gasteiger partial charge in [-0.1, -0.05) is 56.7 Å². The van der Waals surface area contributed by atoms with E-state index in [1.807, 2.05) is 30.3 Å². The first-order valence-corrected chi connectivity index (χ1v) is 14.0. The number of hydrogen-bond acceptors (Lipinski definition) is 6. The zero-order chi connectivity index (χ0) is 26.0. The van der Waals surface area contributed by atoms with Gasteiger partial charge in [-0.3, -0.25) is 14.4 Å². The van der Waals surface area contributed by atoms with Crippen LogP contribution >= 0.6 is 11.8 Å². The number of carbonyl (C=O) groups is 3. The van der Waals surface area contributed by atoms with E-state index in [1.54, 1.807) is 34.6 Å². The number of ether oxygens (including phenoxy) is 1. The molecule has 0 aromatic heterocycles. The number of nitrogens with zero attached hydrogens (tertiary/aromatic N) is 2. The zero-order valence-electron chi connectivity index (χ0n) is 21.5. The van der Waals surface area contributed by atoms with Crippen molar-refractivity contribution in [1.29, 1.82) is 0 Å². The third kappa shape index (κ3) is 4.16. The van der Waals surface area contributed by atoms with Gasteiger partial charge in [-0.15, -0.1) is 18.3 Å². The second kappa shape index (κ2) is 11.0. The molecule has 3 saturated heterocycles. The topological polar surface area (TPSA) is 87.2 Å². The summed E-state index contributed by atoms with van der Waals surface area (Å²) in [6, 6.07) is 7.89. The van der Waals surface area contributed by atoms with Crippen molar-refractivity contribution in [3.05, 3.63) is 48.6 Å². The summed E-state index contributed by atoms with van der Waals surface area (Å²) in [7, 11) is 0. The third-order valence-electron chi connectivity index (χ3n) is 8.11. The van der Waals surface area contributed by atoms with Gasteiger partial charge < -0.3 is 19.6 Å². The van der Waals surface area contributed by atoms with Crippen LogP contribution in [0.15, 0.2) is 43.0 Å². The molecule has 1 spiro atoms. The van der Waals surface area contributed by atoms with E-state index in [-0.39, 0.29) is 42.2 Å². The Bertz CT molecular complexity index is 987. The van der Waals surface area contributed by atoms with E-state index in [0.717, 1.165) is 24.8 Å². The molecule has 1 aromatic carbocycles. The summed E-state index contributed by atoms with van der Waals surface area (Å²) in [5, 5.41) is 10.5. The predicted molar refractivity (Wildman–Crippen MR) is 140 cm³/mol. The highest BCUT2D eigenvalue weighted by Gasteiger charge is 2.77. The number of carbonyl (C=O) groups excluding carboxylic acids is 3. The molecule has 0 aliphatic carbocycles. The lowest BCUT2D eigenvalue weighted by Crippen LogP contribution is -2.58. The molecule has 3 aliphatic rings. The molecule has 1 N–H and O–H groups in total. The monoisotopic (exact) mass is 514 g/mol. The quantitative estimate of drug-likeness (QED) is 0.360. The van der Waals surface area contributed by atoms with Crippen molar-refractivity contribution in [2.24, 2.45) is 17.8 Å². The lowest BCUT2D eigenvalue weighted by atomic mass is 9.66. The largest absolute Gasteiger partial charge is 0.466 e. The molecule has 3 aliphatic heterocycles. The van der Waals surface area contributed by atoms with Crippen LogP contribution in [0.4, 0.5) is 0 Å². The standard InChI is InChI=1S/C28H38N2O5S/c1-5-8-15-29(14-6-2)26(33)24-28-18(4)16-21(36-28)22(27(34)35-7-3)23(28)25(32)30(24)20(17-31)19-12-10-9-11-13-19/h6,9-13,18,20-24,31H,2,5,7-8,14-17H2,1,3-4H3/t18?,20-,21+,22-,23+,24?,28?/m1/s1. The number of thioether (sulfide) groups is 1. The third-order valence-corrected chi connectivity index (χ3v) is 10.2. The van der Waals surface area contributed by atoms with E-state index in [4.69, 9.17) is 4.74 Å². The Morgan fingerprint density at radius 2 is 2.06 bits per heavy atom. The van der Waals surface area contributed by atoms with Gasteiger partial charge >= 0.3 is 5.97 Å². The van der Waals surface area contributed by atoms with E-state index in [9.17, 15) is 19.5 Å². The normalized spacial score (nSPS) is 31.3. The Morgan fingerprint density at radius 3 is 2.67 bits per heavy atom. The fraction of sp³-hybridized carbons (Fsp3) is 0.607. The molecule has 196 valence electrons. The van der Waals surface area contributed by atoms with Crippen molar-refractivity contribution < 1.29 is 24.2 Å². The highest BCUT2D eigenvalue weighted by Crippen LogP contribution is 2.69. The first-order valence-electron chi connectivity index (χ1n) is 13.1. The average molecular weight is 515 g/mol. The van der Waals surface area contributed by atoms with Crippen LogP contribution < -0.4 is 0 Å². The molecule has 1 aromatic rings. The zero-order valence-corrected chi connectivity index (χ0v) is 22.3. The van der Waals surface area contributed by atoms with Crippen LogP contribution in [0, 0.1) is 17.8 Å². The Kier molecular flexibility index (Phi) is 8.15. The average Bonchev–Trinajstić information content (AvgIpc) is 3.47. The first-order chi connectivity index (χ1) is 17.4. The molecule has 2 amide bonds. The number of hydrogen-bond donors (Lipinski definition) is 1. The second-order valence-corrected chi connectivity index (χ2v) is 11.6. The van der Waals surface area contributed by atoms with Crippen LogP contribution in [0.5, 0.6) is 0 Å². The van der Waals surface area contributed by atoms with Crippen molar-refractivity contribution in [1.82, 2.24) is 9.80 Å². The number of rotatable bonds is 11. The molecule has 4 rings (SSSR count). The fourth-order valence-corrected chi connectivity index (χ4v) is 8.97. The number of unbranched alkanes of at least 4 members (excludes halogenated alkanes) is 1. The Hall–Kier alpha value is -2.32. The van der Waals surface area contributed by atoms with E-state index in [0.29, 0.717) is 13.1 Å². The number of fused-ring (bicyclic) bond motifs is 1. The number of amides is 2. The Balaban J connectivity index is 1.85. The lowest BCUT2D eigenvalue weighted by molar-refractivity contribution is -0.154. The minimum atomic E-state index is -0.784. The Labute approximate surface area is 218 Å². The van der Waals surface area contributed by atoms with E-state index >= 15 is 0 Å². The van der Waals surface area contributed by atoms with Crippen molar-refractivity contribution in [2.45, 2.75) is 62.1 Å². The summed E-state index contributed by atoms with van der Waals surface area (Å²) in [5.41, 5.74) is 0.770. The van der Waals surface area contributed by atoms with Gasteiger partial charge in [-0.25, -0.2) is 0 Å². The fourth-order valence-electron chi connectivity index (χ4n) is 6.58. The highest BCUT2D eigenvalue weighted by atomic mass is 32.2. The summed E-state index contributed by atoms with van der Waals surface area (Å²) < 4.78 is 4.68. The minimum Gasteiger partial charge on any atom is -0.466 e. The van der Waals surface area contributed by atoms with Gasteiger partial charge in [0.1, 0.15) is 6.04 Å². The van der Waals surface area contributed by atoms with Gasteiger partial charge in [0.25, 0.3) is 0 Å². The predicted octanol–water partition coefficient (Wildman–Crippen LogP) is 3.44.